The number of methoxy groups -OCH3 is 1. The molecule has 0 radical (unpaired) electrons. The molecular formula is C19H25N9O. The SMILES string of the molecule is C=NN1C(=NC)C=C(Nc2cccnc2OC)N/C1=C(/C)c1cn(C(C)C)nn1. The van der Waals surface area contributed by atoms with Gasteiger partial charge < -0.3 is 15.4 Å². The van der Waals surface area contributed by atoms with Gasteiger partial charge in [-0.2, -0.15) is 10.1 Å². The highest BCUT2D eigenvalue weighted by Gasteiger charge is 2.25. The fourth-order valence-corrected chi connectivity index (χ4v) is 2.76. The fourth-order valence-electron chi connectivity index (χ4n) is 2.76. The Kier molecular flexibility index (Phi) is 5.91. The number of aromatic nitrogens is 4. The van der Waals surface area contributed by atoms with Crippen molar-refractivity contribution in [2.75, 3.05) is 19.5 Å². The van der Waals surface area contributed by atoms with Crippen molar-refractivity contribution in [3.05, 3.63) is 47.9 Å². The molecule has 1 aliphatic rings. The van der Waals surface area contributed by atoms with Gasteiger partial charge in [-0.05, 0) is 32.9 Å². The summed E-state index contributed by atoms with van der Waals surface area (Å²) in [5, 5.41) is 20.8. The van der Waals surface area contributed by atoms with E-state index >= 15 is 0 Å². The summed E-state index contributed by atoms with van der Waals surface area (Å²) in [6.07, 6.45) is 5.39. The lowest BCUT2D eigenvalue weighted by Crippen LogP contribution is -2.39. The summed E-state index contributed by atoms with van der Waals surface area (Å²) < 4.78 is 7.12. The molecule has 152 valence electrons. The Hall–Kier alpha value is -3.69. The molecule has 2 aromatic rings. The maximum absolute atomic E-state index is 5.32. The molecule has 0 atom stereocenters. The van der Waals surface area contributed by atoms with Gasteiger partial charge in [0.2, 0.25) is 5.88 Å². The first-order valence-electron chi connectivity index (χ1n) is 9.09. The van der Waals surface area contributed by atoms with Crippen LogP contribution >= 0.6 is 0 Å². The van der Waals surface area contributed by atoms with Crippen LogP contribution in [0.3, 0.4) is 0 Å². The van der Waals surface area contributed by atoms with Crippen LogP contribution in [-0.2, 0) is 0 Å². The number of aliphatic imine (C=N–C) groups is 1. The van der Waals surface area contributed by atoms with E-state index in [9.17, 15) is 0 Å². The molecule has 10 heteroatoms. The van der Waals surface area contributed by atoms with Crippen molar-refractivity contribution in [2.24, 2.45) is 10.1 Å². The quantitative estimate of drug-likeness (QED) is 0.724. The summed E-state index contributed by atoms with van der Waals surface area (Å²) in [4.78, 5) is 8.54. The van der Waals surface area contributed by atoms with Crippen LogP contribution in [0.1, 0.15) is 32.5 Å². The van der Waals surface area contributed by atoms with Crippen LogP contribution in [0, 0.1) is 0 Å². The average molecular weight is 395 g/mol. The van der Waals surface area contributed by atoms with Crippen molar-refractivity contribution in [3.63, 3.8) is 0 Å². The highest BCUT2D eigenvalue weighted by Crippen LogP contribution is 2.26. The van der Waals surface area contributed by atoms with E-state index in [1.165, 1.54) is 0 Å². The maximum Gasteiger partial charge on any atom is 0.237 e. The molecule has 2 N–H and O–H groups in total. The number of hydrogen-bond donors (Lipinski definition) is 2. The molecular weight excluding hydrogens is 370 g/mol. The van der Waals surface area contributed by atoms with E-state index in [1.807, 2.05) is 45.2 Å². The molecule has 0 amide bonds. The zero-order valence-corrected chi connectivity index (χ0v) is 17.2. The lowest BCUT2D eigenvalue weighted by atomic mass is 10.2. The van der Waals surface area contributed by atoms with Crippen LogP contribution < -0.4 is 15.4 Å². The first kappa shape index (κ1) is 20.1. The summed E-state index contributed by atoms with van der Waals surface area (Å²) in [5.74, 6) is 2.44. The van der Waals surface area contributed by atoms with Crippen molar-refractivity contribution < 1.29 is 4.74 Å². The minimum absolute atomic E-state index is 0.213. The fraction of sp³-hybridized carbons (Fsp3) is 0.316. The van der Waals surface area contributed by atoms with E-state index in [4.69, 9.17) is 4.74 Å². The van der Waals surface area contributed by atoms with Gasteiger partial charge in [-0.3, -0.25) is 4.99 Å². The second-order valence-corrected chi connectivity index (χ2v) is 6.55. The Morgan fingerprint density at radius 2 is 2.17 bits per heavy atom. The first-order valence-corrected chi connectivity index (χ1v) is 9.09. The number of nitrogens with zero attached hydrogens (tertiary/aromatic N) is 7. The van der Waals surface area contributed by atoms with E-state index in [0.717, 1.165) is 11.3 Å². The predicted molar refractivity (Wildman–Crippen MR) is 113 cm³/mol. The monoisotopic (exact) mass is 395 g/mol. The molecule has 3 heterocycles. The Morgan fingerprint density at radius 1 is 1.38 bits per heavy atom. The minimum Gasteiger partial charge on any atom is -0.480 e. The van der Waals surface area contributed by atoms with E-state index in [2.05, 4.69) is 42.7 Å². The van der Waals surface area contributed by atoms with Crippen LogP contribution in [0.15, 0.2) is 52.3 Å². The van der Waals surface area contributed by atoms with Gasteiger partial charge in [0.05, 0.1) is 13.3 Å². The summed E-state index contributed by atoms with van der Waals surface area (Å²) in [5.41, 5.74) is 2.29. The number of anilines is 1. The zero-order chi connectivity index (χ0) is 21.0. The molecule has 0 unspecified atom stereocenters. The molecule has 0 aliphatic carbocycles. The maximum atomic E-state index is 5.32. The van der Waals surface area contributed by atoms with Crippen molar-refractivity contribution in [3.8, 4) is 5.88 Å². The number of hydrogen-bond acceptors (Lipinski definition) is 8. The third-order valence-electron chi connectivity index (χ3n) is 4.34. The number of rotatable bonds is 6. The summed E-state index contributed by atoms with van der Waals surface area (Å²) in [7, 11) is 3.27. The number of allylic oxidation sites excluding steroid dienone is 1. The lowest BCUT2D eigenvalue weighted by Gasteiger charge is -2.30. The summed E-state index contributed by atoms with van der Waals surface area (Å²) in [6.45, 7) is 9.71. The van der Waals surface area contributed by atoms with Crippen molar-refractivity contribution in [2.45, 2.75) is 26.8 Å². The van der Waals surface area contributed by atoms with Gasteiger partial charge in [0.15, 0.2) is 5.84 Å². The molecule has 10 nitrogen and oxygen atoms in total. The van der Waals surface area contributed by atoms with Crippen LogP contribution in [-0.4, -0.2) is 51.7 Å². The van der Waals surface area contributed by atoms with E-state index in [0.29, 0.717) is 29.0 Å². The van der Waals surface area contributed by atoms with Gasteiger partial charge in [0, 0.05) is 37.7 Å². The molecule has 0 bridgehead atoms. The zero-order valence-electron chi connectivity index (χ0n) is 17.2. The van der Waals surface area contributed by atoms with E-state index in [-0.39, 0.29) is 6.04 Å². The summed E-state index contributed by atoms with van der Waals surface area (Å²) >= 11 is 0. The molecule has 0 fully saturated rings. The molecule has 0 saturated carbocycles. The van der Waals surface area contributed by atoms with Crippen molar-refractivity contribution in [1.29, 1.82) is 0 Å². The molecule has 0 aromatic carbocycles. The van der Waals surface area contributed by atoms with Gasteiger partial charge in [-0.1, -0.05) is 5.21 Å². The highest BCUT2D eigenvalue weighted by molar-refractivity contribution is 5.97. The van der Waals surface area contributed by atoms with Gasteiger partial charge in [-0.25, -0.2) is 9.67 Å². The second-order valence-electron chi connectivity index (χ2n) is 6.55. The number of amidine groups is 1. The number of pyridine rings is 1. The Labute approximate surface area is 169 Å². The van der Waals surface area contributed by atoms with Crippen LogP contribution in [0.5, 0.6) is 5.88 Å². The topological polar surface area (TPSA) is 105 Å². The molecule has 2 aromatic heterocycles. The minimum atomic E-state index is 0.213. The third kappa shape index (κ3) is 4.10. The van der Waals surface area contributed by atoms with Gasteiger partial charge in [0.25, 0.3) is 0 Å². The van der Waals surface area contributed by atoms with Gasteiger partial charge in [-0.15, -0.1) is 5.10 Å². The average Bonchev–Trinajstić information content (AvgIpc) is 3.23. The Morgan fingerprint density at radius 3 is 2.79 bits per heavy atom. The van der Waals surface area contributed by atoms with Crippen LogP contribution in [0.2, 0.25) is 0 Å². The summed E-state index contributed by atoms with van der Waals surface area (Å²) in [6, 6.07) is 3.91. The smallest absolute Gasteiger partial charge is 0.237 e. The Bertz CT molecular complexity index is 987. The third-order valence-corrected chi connectivity index (χ3v) is 4.34. The predicted octanol–water partition coefficient (Wildman–Crippen LogP) is 2.45. The lowest BCUT2D eigenvalue weighted by molar-refractivity contribution is 0.400. The van der Waals surface area contributed by atoms with Crippen LogP contribution in [0.4, 0.5) is 5.69 Å². The van der Waals surface area contributed by atoms with E-state index in [1.54, 1.807) is 30.0 Å². The first-order chi connectivity index (χ1) is 14.0. The highest BCUT2D eigenvalue weighted by atomic mass is 16.5. The second kappa shape index (κ2) is 8.55. The van der Waals surface area contributed by atoms with E-state index < -0.39 is 0 Å². The largest absolute Gasteiger partial charge is 0.480 e. The standard InChI is InChI=1S/C19H25N9O/c1-12(2)27-11-15(25-26-27)13(3)18-24-16(10-17(20-4)28(18)21-5)23-14-8-7-9-22-19(14)29-6/h7-12,23-24H,5H2,1-4,6H3/b18-13+,20-17?. The molecule has 0 spiro atoms. The van der Waals surface area contributed by atoms with Gasteiger partial charge >= 0.3 is 0 Å². The van der Waals surface area contributed by atoms with Gasteiger partial charge in [0.1, 0.15) is 23.0 Å². The Balaban J connectivity index is 2.01. The number of nitrogens with one attached hydrogen (secondary N) is 2. The molecule has 0 saturated heterocycles. The van der Waals surface area contributed by atoms with Crippen molar-refractivity contribution >= 4 is 23.8 Å². The normalized spacial score (nSPS) is 17.1. The number of hydrazone groups is 1. The number of ether oxygens (including phenoxy) is 1. The molecule has 3 rings (SSSR count). The van der Waals surface area contributed by atoms with Crippen LogP contribution in [0.25, 0.3) is 5.57 Å². The molecule has 1 aliphatic heterocycles. The van der Waals surface area contributed by atoms with Crippen molar-refractivity contribution in [1.82, 2.24) is 30.3 Å². The molecule has 29 heavy (non-hydrogen) atoms.